The van der Waals surface area contributed by atoms with Crippen LogP contribution in [-0.4, -0.2) is 29.4 Å². The highest BCUT2D eigenvalue weighted by molar-refractivity contribution is 6.44. The third kappa shape index (κ3) is 3.86. The van der Waals surface area contributed by atoms with E-state index in [1.54, 1.807) is 30.4 Å². The number of anilines is 1. The maximum atomic E-state index is 12.4. The lowest BCUT2D eigenvalue weighted by molar-refractivity contribution is 0.0797. The molecule has 1 amide bonds. The largest absolute Gasteiger partial charge is 0.399 e. The van der Waals surface area contributed by atoms with Crippen molar-refractivity contribution in [3.8, 4) is 0 Å². The summed E-state index contributed by atoms with van der Waals surface area (Å²) in [5.74, 6) is -0.205. The van der Waals surface area contributed by atoms with Crippen molar-refractivity contribution in [2.24, 2.45) is 0 Å². The Morgan fingerprint density at radius 2 is 1.95 bits per heavy atom. The first-order valence-electron chi connectivity index (χ1n) is 6.38. The van der Waals surface area contributed by atoms with Crippen LogP contribution in [0.4, 0.5) is 5.69 Å². The molecule has 2 rings (SSSR count). The molecule has 0 aliphatic carbocycles. The molecule has 0 atom stereocenters. The number of rotatable bonds is 4. The molecule has 6 heteroatoms. The molecule has 0 unspecified atom stereocenters. The fraction of sp³-hybridized carbons (Fsp3) is 0.200. The number of amides is 1. The van der Waals surface area contributed by atoms with E-state index < -0.39 is 0 Å². The average Bonchev–Trinajstić information content (AvgIpc) is 2.48. The van der Waals surface area contributed by atoms with Crippen LogP contribution in [0.1, 0.15) is 15.9 Å². The zero-order valence-electron chi connectivity index (χ0n) is 11.5. The Morgan fingerprint density at radius 1 is 1.29 bits per heavy atom. The normalized spacial score (nSPS) is 10.4. The highest BCUT2D eigenvalue weighted by Gasteiger charge is 2.17. The molecule has 0 saturated carbocycles. The van der Waals surface area contributed by atoms with Crippen molar-refractivity contribution >= 4 is 34.8 Å². The van der Waals surface area contributed by atoms with Crippen molar-refractivity contribution in [2.75, 3.05) is 19.3 Å². The molecule has 21 heavy (non-hydrogen) atoms. The van der Waals surface area contributed by atoms with Gasteiger partial charge in [0.2, 0.25) is 0 Å². The number of nitrogens with zero attached hydrogens (tertiary/aromatic N) is 2. The molecule has 110 valence electrons. The lowest BCUT2D eigenvalue weighted by Crippen LogP contribution is -2.29. The first kappa shape index (κ1) is 15.6. The molecule has 1 aromatic heterocycles. The minimum Gasteiger partial charge on any atom is -0.399 e. The maximum Gasteiger partial charge on any atom is 0.255 e. The van der Waals surface area contributed by atoms with Gasteiger partial charge in [0.05, 0.1) is 15.6 Å². The third-order valence-electron chi connectivity index (χ3n) is 3.11. The summed E-state index contributed by atoms with van der Waals surface area (Å²) < 4.78 is 0. The van der Waals surface area contributed by atoms with E-state index in [1.807, 2.05) is 12.1 Å². The van der Waals surface area contributed by atoms with Gasteiger partial charge < -0.3 is 10.6 Å². The fourth-order valence-electron chi connectivity index (χ4n) is 1.92. The molecule has 1 aromatic carbocycles. The number of halogens is 2. The number of hydrogen-bond donors (Lipinski definition) is 1. The second kappa shape index (κ2) is 6.78. The standard InChI is InChI=1S/C15H15Cl2N3O/c1-20(7-4-10-2-5-19-6-3-10)15(21)12-8-11(18)9-13(16)14(12)17/h2-3,5-6,8-9H,4,7,18H2,1H3. The molecule has 2 N–H and O–H groups in total. The van der Waals surface area contributed by atoms with Crippen LogP contribution in [0, 0.1) is 0 Å². The summed E-state index contributed by atoms with van der Waals surface area (Å²) >= 11 is 12.0. The van der Waals surface area contributed by atoms with Crippen LogP contribution >= 0.6 is 23.2 Å². The number of hydrogen-bond acceptors (Lipinski definition) is 3. The summed E-state index contributed by atoms with van der Waals surface area (Å²) in [5.41, 5.74) is 7.55. The molecule has 0 aliphatic rings. The fourth-order valence-corrected chi connectivity index (χ4v) is 2.34. The van der Waals surface area contributed by atoms with E-state index >= 15 is 0 Å². The number of likely N-dealkylation sites (N-methyl/N-ethyl adjacent to an activating group) is 1. The first-order chi connectivity index (χ1) is 9.99. The number of aromatic nitrogens is 1. The quantitative estimate of drug-likeness (QED) is 0.878. The highest BCUT2D eigenvalue weighted by Crippen LogP contribution is 2.29. The van der Waals surface area contributed by atoms with Gasteiger partial charge in [-0.1, -0.05) is 23.2 Å². The molecule has 2 aromatic rings. The number of nitrogens with two attached hydrogens (primary N) is 1. The maximum absolute atomic E-state index is 12.4. The smallest absolute Gasteiger partial charge is 0.255 e. The molecule has 0 spiro atoms. The Bertz CT molecular complexity index is 647. The zero-order valence-corrected chi connectivity index (χ0v) is 13.0. The van der Waals surface area contributed by atoms with Crippen molar-refractivity contribution < 1.29 is 4.79 Å². The molecule has 0 radical (unpaired) electrons. The predicted molar refractivity (Wildman–Crippen MR) is 85.8 cm³/mol. The van der Waals surface area contributed by atoms with Crippen LogP contribution in [0.25, 0.3) is 0 Å². The van der Waals surface area contributed by atoms with E-state index in [0.29, 0.717) is 17.8 Å². The molecular weight excluding hydrogens is 309 g/mol. The van der Waals surface area contributed by atoms with Crippen LogP contribution in [0.15, 0.2) is 36.7 Å². The third-order valence-corrected chi connectivity index (χ3v) is 3.91. The van der Waals surface area contributed by atoms with Gasteiger partial charge >= 0.3 is 0 Å². The average molecular weight is 324 g/mol. The van der Waals surface area contributed by atoms with E-state index in [2.05, 4.69) is 4.98 Å². The number of pyridine rings is 1. The van der Waals surface area contributed by atoms with Gasteiger partial charge in [0.25, 0.3) is 5.91 Å². The van der Waals surface area contributed by atoms with Crippen molar-refractivity contribution in [3.63, 3.8) is 0 Å². The lowest BCUT2D eigenvalue weighted by Gasteiger charge is -2.18. The van der Waals surface area contributed by atoms with Gasteiger partial charge in [0.15, 0.2) is 0 Å². The Balaban J connectivity index is 2.09. The Kier molecular flexibility index (Phi) is 5.04. The zero-order chi connectivity index (χ0) is 15.4. The summed E-state index contributed by atoms with van der Waals surface area (Å²) in [7, 11) is 1.72. The van der Waals surface area contributed by atoms with Gasteiger partial charge in [0, 0.05) is 31.7 Å². The Morgan fingerprint density at radius 3 is 2.62 bits per heavy atom. The summed E-state index contributed by atoms with van der Waals surface area (Å²) in [5, 5.41) is 0.508. The minimum absolute atomic E-state index is 0.205. The molecular formula is C15H15Cl2N3O. The summed E-state index contributed by atoms with van der Waals surface area (Å²) in [6.07, 6.45) is 4.19. The van der Waals surface area contributed by atoms with E-state index in [0.717, 1.165) is 12.0 Å². The van der Waals surface area contributed by atoms with Crippen LogP contribution < -0.4 is 5.73 Å². The number of carbonyl (C=O) groups is 1. The van der Waals surface area contributed by atoms with E-state index in [-0.39, 0.29) is 16.0 Å². The van der Waals surface area contributed by atoms with Crippen LogP contribution in [0.3, 0.4) is 0 Å². The number of benzene rings is 1. The molecule has 0 fully saturated rings. The van der Waals surface area contributed by atoms with Crippen molar-refractivity contribution in [1.82, 2.24) is 9.88 Å². The molecule has 0 saturated heterocycles. The van der Waals surface area contributed by atoms with E-state index in [4.69, 9.17) is 28.9 Å². The Hall–Kier alpha value is -1.78. The first-order valence-corrected chi connectivity index (χ1v) is 7.13. The van der Waals surface area contributed by atoms with Crippen LogP contribution in [-0.2, 0) is 6.42 Å². The number of carbonyl (C=O) groups excluding carboxylic acids is 1. The highest BCUT2D eigenvalue weighted by atomic mass is 35.5. The van der Waals surface area contributed by atoms with E-state index in [9.17, 15) is 4.79 Å². The molecule has 4 nitrogen and oxygen atoms in total. The predicted octanol–water partition coefficient (Wildman–Crippen LogP) is 3.29. The van der Waals surface area contributed by atoms with Gasteiger partial charge in [-0.3, -0.25) is 9.78 Å². The monoisotopic (exact) mass is 323 g/mol. The summed E-state index contributed by atoms with van der Waals surface area (Å²) in [6, 6.07) is 6.91. The second-order valence-electron chi connectivity index (χ2n) is 4.70. The van der Waals surface area contributed by atoms with Gasteiger partial charge in [-0.25, -0.2) is 0 Å². The van der Waals surface area contributed by atoms with Gasteiger partial charge in [-0.05, 0) is 36.2 Å². The summed E-state index contributed by atoms with van der Waals surface area (Å²) in [6.45, 7) is 0.561. The van der Waals surface area contributed by atoms with Crippen molar-refractivity contribution in [3.05, 3.63) is 57.8 Å². The second-order valence-corrected chi connectivity index (χ2v) is 5.48. The van der Waals surface area contributed by atoms with Crippen molar-refractivity contribution in [2.45, 2.75) is 6.42 Å². The Labute approximate surface area is 133 Å². The van der Waals surface area contributed by atoms with Gasteiger partial charge in [0.1, 0.15) is 0 Å². The van der Waals surface area contributed by atoms with Crippen LogP contribution in [0.2, 0.25) is 10.0 Å². The lowest BCUT2D eigenvalue weighted by atomic mass is 10.1. The topological polar surface area (TPSA) is 59.2 Å². The van der Waals surface area contributed by atoms with E-state index in [1.165, 1.54) is 6.07 Å². The summed E-state index contributed by atoms with van der Waals surface area (Å²) in [4.78, 5) is 18.0. The molecule has 0 bridgehead atoms. The minimum atomic E-state index is -0.205. The van der Waals surface area contributed by atoms with Crippen molar-refractivity contribution in [1.29, 1.82) is 0 Å². The van der Waals surface area contributed by atoms with Gasteiger partial charge in [-0.15, -0.1) is 0 Å². The molecule has 0 aliphatic heterocycles. The van der Waals surface area contributed by atoms with Crippen LogP contribution in [0.5, 0.6) is 0 Å². The molecule has 1 heterocycles. The SMILES string of the molecule is CN(CCc1ccncc1)C(=O)c1cc(N)cc(Cl)c1Cl. The van der Waals surface area contributed by atoms with Gasteiger partial charge in [-0.2, -0.15) is 0 Å². The number of nitrogen functional groups attached to an aromatic ring is 1.